The van der Waals surface area contributed by atoms with E-state index < -0.39 is 36.3 Å². The maximum absolute atomic E-state index is 13.9. The van der Waals surface area contributed by atoms with Gasteiger partial charge in [0.25, 0.3) is 0 Å². The van der Waals surface area contributed by atoms with Crippen molar-refractivity contribution in [2.45, 2.75) is 90.6 Å². The molecule has 0 bridgehead atoms. The Kier molecular flexibility index (Phi) is 9.02. The standard InChI is InChI=1S/C29H41N3O7/c1-29(2,3)18-38-27(35)30-24(19-10-6-5-7-11-19)25(33)32-17-22(14-23(32)26(34)37-4)39-28(36)31-15-20-12-8-9-13-21(20)16-31/h8-9,12-13,19,22-24H,5-7,10-11,14-18H2,1-4H3,(H,30,35)/t22-,23+,24+/m1/s1. The highest BCUT2D eigenvalue weighted by Gasteiger charge is 2.46. The summed E-state index contributed by atoms with van der Waals surface area (Å²) in [6.07, 6.45) is 2.92. The van der Waals surface area contributed by atoms with Gasteiger partial charge in [-0.2, -0.15) is 0 Å². The lowest BCUT2D eigenvalue weighted by Gasteiger charge is -2.34. The number of hydrogen-bond acceptors (Lipinski definition) is 7. The molecule has 10 nitrogen and oxygen atoms in total. The van der Waals surface area contributed by atoms with Crippen molar-refractivity contribution in [1.29, 1.82) is 0 Å². The molecule has 214 valence electrons. The molecule has 0 aromatic heterocycles. The van der Waals surface area contributed by atoms with Crippen LogP contribution in [-0.4, -0.2) is 72.3 Å². The summed E-state index contributed by atoms with van der Waals surface area (Å²) < 4.78 is 16.2. The predicted octanol–water partition coefficient (Wildman–Crippen LogP) is 4.00. The average Bonchev–Trinajstić information content (AvgIpc) is 3.54. The summed E-state index contributed by atoms with van der Waals surface area (Å²) in [7, 11) is 1.27. The minimum absolute atomic E-state index is 0.0487. The molecular formula is C29H41N3O7. The summed E-state index contributed by atoms with van der Waals surface area (Å²) in [6.45, 7) is 7.03. The molecule has 39 heavy (non-hydrogen) atoms. The fourth-order valence-corrected chi connectivity index (χ4v) is 5.64. The van der Waals surface area contributed by atoms with Crippen LogP contribution >= 0.6 is 0 Å². The Balaban J connectivity index is 1.46. The van der Waals surface area contributed by atoms with Gasteiger partial charge in [-0.15, -0.1) is 0 Å². The number of carbonyl (C=O) groups is 4. The Morgan fingerprint density at radius 1 is 1.03 bits per heavy atom. The molecule has 1 saturated heterocycles. The monoisotopic (exact) mass is 543 g/mol. The van der Waals surface area contributed by atoms with Crippen LogP contribution in [0.4, 0.5) is 9.59 Å². The number of fused-ring (bicyclic) bond motifs is 1. The fraction of sp³-hybridized carbons (Fsp3) is 0.655. The molecule has 1 aromatic carbocycles. The first-order chi connectivity index (χ1) is 18.6. The van der Waals surface area contributed by atoms with E-state index in [2.05, 4.69) is 5.32 Å². The van der Waals surface area contributed by atoms with Crippen LogP contribution in [0, 0.1) is 11.3 Å². The van der Waals surface area contributed by atoms with Gasteiger partial charge in [-0.1, -0.05) is 64.3 Å². The molecule has 3 amide bonds. The van der Waals surface area contributed by atoms with E-state index in [0.29, 0.717) is 13.1 Å². The summed E-state index contributed by atoms with van der Waals surface area (Å²) >= 11 is 0. The largest absolute Gasteiger partial charge is 0.467 e. The van der Waals surface area contributed by atoms with Gasteiger partial charge in [0.15, 0.2) is 0 Å². The molecule has 3 aliphatic rings. The Hall–Kier alpha value is -3.30. The zero-order valence-electron chi connectivity index (χ0n) is 23.4. The minimum atomic E-state index is -0.908. The average molecular weight is 544 g/mol. The van der Waals surface area contributed by atoms with Crippen molar-refractivity contribution < 1.29 is 33.4 Å². The Morgan fingerprint density at radius 2 is 1.67 bits per heavy atom. The smallest absolute Gasteiger partial charge is 0.410 e. The second-order valence-corrected chi connectivity index (χ2v) is 12.1. The van der Waals surface area contributed by atoms with Gasteiger partial charge in [-0.05, 0) is 35.3 Å². The van der Waals surface area contributed by atoms with Crippen molar-refractivity contribution in [2.75, 3.05) is 20.3 Å². The molecule has 2 aliphatic heterocycles. The first-order valence-electron chi connectivity index (χ1n) is 13.9. The van der Waals surface area contributed by atoms with Crippen molar-refractivity contribution in [3.8, 4) is 0 Å². The second kappa shape index (κ2) is 12.3. The van der Waals surface area contributed by atoms with E-state index >= 15 is 0 Å². The van der Waals surface area contributed by atoms with Crippen molar-refractivity contribution in [2.24, 2.45) is 11.3 Å². The molecule has 0 radical (unpaired) electrons. The molecule has 1 N–H and O–H groups in total. The van der Waals surface area contributed by atoms with E-state index in [1.54, 1.807) is 4.90 Å². The lowest BCUT2D eigenvalue weighted by Crippen LogP contribution is -2.55. The summed E-state index contributed by atoms with van der Waals surface area (Å²) in [5.74, 6) is -1.03. The zero-order valence-corrected chi connectivity index (χ0v) is 23.4. The highest BCUT2D eigenvalue weighted by Crippen LogP contribution is 2.31. The number of rotatable bonds is 6. The second-order valence-electron chi connectivity index (χ2n) is 12.1. The molecule has 10 heteroatoms. The van der Waals surface area contributed by atoms with Crippen LogP contribution in [0.3, 0.4) is 0 Å². The quantitative estimate of drug-likeness (QED) is 0.426. The Bertz CT molecular complexity index is 1040. The molecule has 0 unspecified atom stereocenters. The third-order valence-electron chi connectivity index (χ3n) is 7.68. The third-order valence-corrected chi connectivity index (χ3v) is 7.68. The molecule has 2 heterocycles. The number of nitrogens with zero attached hydrogens (tertiary/aromatic N) is 2. The number of alkyl carbamates (subject to hydrolysis) is 1. The fourth-order valence-electron chi connectivity index (χ4n) is 5.64. The number of ether oxygens (including phenoxy) is 3. The number of methoxy groups -OCH3 is 1. The number of carbonyl (C=O) groups excluding carboxylic acids is 4. The van der Waals surface area contributed by atoms with Gasteiger partial charge in [-0.3, -0.25) is 9.69 Å². The van der Waals surface area contributed by atoms with Gasteiger partial charge < -0.3 is 24.4 Å². The highest BCUT2D eigenvalue weighted by atomic mass is 16.6. The molecule has 2 fully saturated rings. The van der Waals surface area contributed by atoms with Gasteiger partial charge in [-0.25, -0.2) is 14.4 Å². The number of esters is 1. The number of amides is 3. The molecule has 3 atom stereocenters. The van der Waals surface area contributed by atoms with Gasteiger partial charge in [0.05, 0.1) is 20.3 Å². The third kappa shape index (κ3) is 7.22. The van der Waals surface area contributed by atoms with Crippen LogP contribution in [-0.2, 0) is 36.9 Å². The van der Waals surface area contributed by atoms with Crippen LogP contribution in [0.2, 0.25) is 0 Å². The van der Waals surface area contributed by atoms with Crippen LogP contribution in [0.25, 0.3) is 0 Å². The number of likely N-dealkylation sites (tertiary alicyclic amines) is 1. The first kappa shape index (κ1) is 28.7. The Morgan fingerprint density at radius 3 is 2.26 bits per heavy atom. The van der Waals surface area contributed by atoms with E-state index in [4.69, 9.17) is 14.2 Å². The van der Waals surface area contributed by atoms with Gasteiger partial charge in [0.1, 0.15) is 18.2 Å². The van der Waals surface area contributed by atoms with E-state index in [1.165, 1.54) is 12.0 Å². The van der Waals surface area contributed by atoms with E-state index in [-0.39, 0.29) is 36.8 Å². The van der Waals surface area contributed by atoms with E-state index in [9.17, 15) is 19.2 Å². The van der Waals surface area contributed by atoms with Gasteiger partial charge in [0.2, 0.25) is 5.91 Å². The van der Waals surface area contributed by atoms with Crippen molar-refractivity contribution in [3.63, 3.8) is 0 Å². The van der Waals surface area contributed by atoms with Crippen LogP contribution < -0.4 is 5.32 Å². The van der Waals surface area contributed by atoms with Gasteiger partial charge >= 0.3 is 18.2 Å². The maximum atomic E-state index is 13.9. The van der Waals surface area contributed by atoms with Crippen molar-refractivity contribution in [3.05, 3.63) is 35.4 Å². The molecule has 1 aromatic rings. The zero-order chi connectivity index (χ0) is 28.2. The van der Waals surface area contributed by atoms with Crippen LogP contribution in [0.5, 0.6) is 0 Å². The molecule has 1 aliphatic carbocycles. The number of nitrogens with one attached hydrogen (secondary N) is 1. The summed E-state index contributed by atoms with van der Waals surface area (Å²) in [6, 6.07) is 6.09. The topological polar surface area (TPSA) is 114 Å². The summed E-state index contributed by atoms with van der Waals surface area (Å²) in [5.41, 5.74) is 1.93. The predicted molar refractivity (Wildman–Crippen MR) is 142 cm³/mol. The minimum Gasteiger partial charge on any atom is -0.467 e. The van der Waals surface area contributed by atoms with E-state index in [0.717, 1.165) is 43.2 Å². The highest BCUT2D eigenvalue weighted by molar-refractivity contribution is 5.90. The lowest BCUT2D eigenvalue weighted by molar-refractivity contribution is -0.152. The number of hydrogen-bond donors (Lipinski definition) is 1. The Labute approximate surface area is 230 Å². The molecule has 1 saturated carbocycles. The summed E-state index contributed by atoms with van der Waals surface area (Å²) in [5, 5.41) is 2.80. The maximum Gasteiger partial charge on any atom is 0.410 e. The van der Waals surface area contributed by atoms with Crippen LogP contribution in [0.15, 0.2) is 24.3 Å². The van der Waals surface area contributed by atoms with Crippen molar-refractivity contribution in [1.82, 2.24) is 15.1 Å². The van der Waals surface area contributed by atoms with Gasteiger partial charge in [0, 0.05) is 19.5 Å². The lowest BCUT2D eigenvalue weighted by atomic mass is 9.83. The molecule has 0 spiro atoms. The SMILES string of the molecule is COC(=O)[C@@H]1C[C@@H](OC(=O)N2Cc3ccccc3C2)CN1C(=O)[C@@H](NC(=O)OCC(C)(C)C)C1CCCCC1. The van der Waals surface area contributed by atoms with E-state index in [1.807, 2.05) is 45.0 Å². The normalized spacial score (nSPS) is 22.2. The first-order valence-corrected chi connectivity index (χ1v) is 13.9. The van der Waals surface area contributed by atoms with Crippen molar-refractivity contribution >= 4 is 24.1 Å². The molecule has 4 rings (SSSR count). The van der Waals surface area contributed by atoms with Crippen LogP contribution in [0.1, 0.15) is 70.4 Å². The summed E-state index contributed by atoms with van der Waals surface area (Å²) in [4.78, 5) is 55.4. The number of benzene rings is 1. The molecular weight excluding hydrogens is 502 g/mol.